The molecule has 10 heteroatoms. The van der Waals surface area contributed by atoms with Gasteiger partial charge in [0.15, 0.2) is 10.9 Å². The molecule has 0 unspecified atom stereocenters. The lowest BCUT2D eigenvalue weighted by Crippen LogP contribution is -2.48. The molecule has 5 rings (SSSR count). The van der Waals surface area contributed by atoms with Gasteiger partial charge in [0, 0.05) is 44.6 Å². The lowest BCUT2D eigenvalue weighted by molar-refractivity contribution is -0.121. The number of amides is 3. The van der Waals surface area contributed by atoms with Crippen LogP contribution >= 0.6 is 22.9 Å². The van der Waals surface area contributed by atoms with Gasteiger partial charge in [-0.25, -0.2) is 4.98 Å². The van der Waals surface area contributed by atoms with Crippen LogP contribution in [0.25, 0.3) is 10.2 Å². The number of ether oxygens (including phenoxy) is 1. The van der Waals surface area contributed by atoms with Crippen molar-refractivity contribution in [2.75, 3.05) is 43.1 Å². The number of hydrogen-bond donors (Lipinski definition) is 0. The second kappa shape index (κ2) is 8.64. The number of thiazole rings is 1. The lowest BCUT2D eigenvalue weighted by Gasteiger charge is -2.34. The Morgan fingerprint density at radius 2 is 1.67 bits per heavy atom. The number of rotatable bonds is 4. The molecular weight excluding hydrogens is 464 g/mol. The lowest BCUT2D eigenvalue weighted by atomic mass is 10.1. The van der Waals surface area contributed by atoms with Crippen LogP contribution in [0.15, 0.2) is 36.4 Å². The monoisotopic (exact) mass is 484 g/mol. The predicted molar refractivity (Wildman–Crippen MR) is 127 cm³/mol. The third-order valence-corrected chi connectivity index (χ3v) is 7.30. The number of aromatic nitrogens is 1. The first kappa shape index (κ1) is 21.7. The van der Waals surface area contributed by atoms with Crippen molar-refractivity contribution < 1.29 is 19.1 Å². The van der Waals surface area contributed by atoms with Crippen LogP contribution in [-0.4, -0.2) is 60.9 Å². The Bertz CT molecular complexity index is 1240. The Balaban J connectivity index is 1.26. The first-order chi connectivity index (χ1) is 16.0. The molecule has 33 heavy (non-hydrogen) atoms. The summed E-state index contributed by atoms with van der Waals surface area (Å²) in [6.45, 7) is 2.46. The zero-order valence-corrected chi connectivity index (χ0v) is 19.5. The average Bonchev–Trinajstić information content (AvgIpc) is 3.41. The van der Waals surface area contributed by atoms with Gasteiger partial charge in [-0.15, -0.1) is 0 Å². The maximum Gasteiger partial charge on any atom is 0.253 e. The minimum absolute atomic E-state index is 0.0713. The van der Waals surface area contributed by atoms with Gasteiger partial charge in [-0.1, -0.05) is 22.9 Å². The summed E-state index contributed by atoms with van der Waals surface area (Å²) in [6.07, 6.45) is 0.469. The average molecular weight is 485 g/mol. The van der Waals surface area contributed by atoms with E-state index in [1.165, 1.54) is 4.90 Å². The summed E-state index contributed by atoms with van der Waals surface area (Å²) in [5.41, 5.74) is 1.79. The number of methoxy groups -OCH3 is 1. The predicted octanol–water partition coefficient (Wildman–Crippen LogP) is 3.57. The molecule has 0 atom stereocenters. The molecule has 2 aromatic carbocycles. The molecule has 2 aliphatic rings. The molecule has 3 amide bonds. The van der Waals surface area contributed by atoms with Gasteiger partial charge < -0.3 is 14.5 Å². The van der Waals surface area contributed by atoms with E-state index >= 15 is 0 Å². The first-order valence-electron chi connectivity index (χ1n) is 10.6. The molecule has 0 bridgehead atoms. The maximum atomic E-state index is 13.0. The van der Waals surface area contributed by atoms with Crippen molar-refractivity contribution in [3.63, 3.8) is 0 Å². The highest BCUT2D eigenvalue weighted by Gasteiger charge is 2.30. The molecule has 0 spiro atoms. The van der Waals surface area contributed by atoms with Crippen molar-refractivity contribution in [1.29, 1.82) is 0 Å². The van der Waals surface area contributed by atoms with Gasteiger partial charge in [-0.2, -0.15) is 0 Å². The highest BCUT2D eigenvalue weighted by Crippen LogP contribution is 2.38. The van der Waals surface area contributed by atoms with E-state index in [9.17, 15) is 14.4 Å². The summed E-state index contributed by atoms with van der Waals surface area (Å²) >= 11 is 7.79. The van der Waals surface area contributed by atoms with E-state index in [-0.39, 0.29) is 30.6 Å². The summed E-state index contributed by atoms with van der Waals surface area (Å²) < 4.78 is 6.41. The molecule has 2 aliphatic heterocycles. The summed E-state index contributed by atoms with van der Waals surface area (Å²) in [7, 11) is 1.58. The van der Waals surface area contributed by atoms with Crippen molar-refractivity contribution >= 4 is 61.7 Å². The SMILES string of the molecule is COc1c(Cl)ccc2sc(N3CCN(C(=O)c4ccc(N5C(=O)CCC5=O)cc4)CC3)nc12. The topological polar surface area (TPSA) is 83.0 Å². The second-order valence-corrected chi connectivity index (χ2v) is 9.29. The number of hydrogen-bond acceptors (Lipinski definition) is 7. The highest BCUT2D eigenvalue weighted by atomic mass is 35.5. The molecule has 8 nitrogen and oxygen atoms in total. The Hall–Kier alpha value is -3.17. The van der Waals surface area contributed by atoms with E-state index in [0.29, 0.717) is 48.2 Å². The molecule has 1 aromatic heterocycles. The van der Waals surface area contributed by atoms with Crippen molar-refractivity contribution in [3.05, 3.63) is 47.0 Å². The Labute approximate surface area is 199 Å². The third kappa shape index (κ3) is 3.91. The van der Waals surface area contributed by atoms with Crippen LogP contribution in [0.5, 0.6) is 5.75 Å². The van der Waals surface area contributed by atoms with Gasteiger partial charge in [-0.3, -0.25) is 19.3 Å². The minimum Gasteiger partial charge on any atom is -0.493 e. The normalized spacial score (nSPS) is 16.7. The molecule has 0 radical (unpaired) electrons. The quantitative estimate of drug-likeness (QED) is 0.526. The molecular formula is C23H21ClN4O4S. The van der Waals surface area contributed by atoms with Crippen molar-refractivity contribution in [2.45, 2.75) is 12.8 Å². The fraction of sp³-hybridized carbons (Fsp3) is 0.304. The number of carbonyl (C=O) groups excluding carboxylic acids is 3. The van der Waals surface area contributed by atoms with Gasteiger partial charge in [0.05, 0.1) is 22.5 Å². The molecule has 170 valence electrons. The number of benzene rings is 2. The Kier molecular flexibility index (Phi) is 5.67. The maximum absolute atomic E-state index is 13.0. The smallest absolute Gasteiger partial charge is 0.253 e. The number of nitrogens with zero attached hydrogens (tertiary/aromatic N) is 4. The highest BCUT2D eigenvalue weighted by molar-refractivity contribution is 7.22. The van der Waals surface area contributed by atoms with Crippen molar-refractivity contribution in [3.8, 4) is 5.75 Å². The van der Waals surface area contributed by atoms with Gasteiger partial charge in [0.25, 0.3) is 5.91 Å². The van der Waals surface area contributed by atoms with Crippen LogP contribution in [0.4, 0.5) is 10.8 Å². The number of fused-ring (bicyclic) bond motifs is 1. The summed E-state index contributed by atoms with van der Waals surface area (Å²) in [5, 5.41) is 1.41. The van der Waals surface area contributed by atoms with E-state index in [1.807, 2.05) is 17.0 Å². The summed E-state index contributed by atoms with van der Waals surface area (Å²) in [6, 6.07) is 10.4. The standard InChI is InChI=1S/C23H21ClN4O4S/c1-32-21-16(24)6-7-17-20(21)25-23(33-17)27-12-10-26(11-13-27)22(31)14-2-4-15(5-3-14)28-18(29)8-9-19(28)30/h2-7H,8-13H2,1H3. The molecule has 3 aromatic rings. The molecule has 0 aliphatic carbocycles. The van der Waals surface area contributed by atoms with E-state index in [2.05, 4.69) is 4.90 Å². The van der Waals surface area contributed by atoms with Gasteiger partial charge in [0.1, 0.15) is 5.52 Å². The van der Waals surface area contributed by atoms with E-state index in [0.717, 1.165) is 15.3 Å². The zero-order valence-electron chi connectivity index (χ0n) is 17.9. The van der Waals surface area contributed by atoms with Gasteiger partial charge >= 0.3 is 0 Å². The van der Waals surface area contributed by atoms with Crippen LogP contribution in [0.3, 0.4) is 0 Å². The zero-order chi connectivity index (χ0) is 23.1. The minimum atomic E-state index is -0.204. The fourth-order valence-electron chi connectivity index (χ4n) is 4.16. The second-order valence-electron chi connectivity index (χ2n) is 7.87. The number of carbonyl (C=O) groups is 3. The first-order valence-corrected chi connectivity index (χ1v) is 11.8. The van der Waals surface area contributed by atoms with E-state index in [1.54, 1.807) is 42.7 Å². The number of halogens is 1. The van der Waals surface area contributed by atoms with Gasteiger partial charge in [-0.05, 0) is 36.4 Å². The van der Waals surface area contributed by atoms with Crippen molar-refractivity contribution in [2.24, 2.45) is 0 Å². The van der Waals surface area contributed by atoms with Crippen LogP contribution < -0.4 is 14.5 Å². The number of piperazine rings is 1. The number of anilines is 2. The summed E-state index contributed by atoms with van der Waals surface area (Å²) in [4.78, 5) is 46.7. The van der Waals surface area contributed by atoms with Crippen LogP contribution in [0.1, 0.15) is 23.2 Å². The Morgan fingerprint density at radius 3 is 2.30 bits per heavy atom. The van der Waals surface area contributed by atoms with Crippen LogP contribution in [0.2, 0.25) is 5.02 Å². The van der Waals surface area contributed by atoms with Crippen molar-refractivity contribution in [1.82, 2.24) is 9.88 Å². The molecule has 3 heterocycles. The van der Waals surface area contributed by atoms with Crippen LogP contribution in [-0.2, 0) is 9.59 Å². The third-order valence-electron chi connectivity index (χ3n) is 5.92. The molecule has 0 saturated carbocycles. The van der Waals surface area contributed by atoms with E-state index < -0.39 is 0 Å². The molecule has 2 saturated heterocycles. The van der Waals surface area contributed by atoms with Crippen LogP contribution in [0, 0.1) is 0 Å². The fourth-order valence-corrected chi connectivity index (χ4v) is 5.41. The Morgan fingerprint density at radius 1 is 1.00 bits per heavy atom. The van der Waals surface area contributed by atoms with Gasteiger partial charge in [0.2, 0.25) is 11.8 Å². The largest absolute Gasteiger partial charge is 0.493 e. The molecule has 2 fully saturated rings. The molecule has 0 N–H and O–H groups in total. The van der Waals surface area contributed by atoms with E-state index in [4.69, 9.17) is 21.3 Å². The summed E-state index contributed by atoms with van der Waals surface area (Å²) in [5.74, 6) is 0.0964. The number of imide groups is 1.